The predicted molar refractivity (Wildman–Crippen MR) is 108 cm³/mol. The molecular formula is C21H27NO10. The van der Waals surface area contributed by atoms with Gasteiger partial charge in [0.15, 0.2) is 12.2 Å². The van der Waals surface area contributed by atoms with Crippen molar-refractivity contribution >= 4 is 23.8 Å². The first-order valence-corrected chi connectivity index (χ1v) is 9.81. The Bertz CT molecular complexity index is 824. The monoisotopic (exact) mass is 453 g/mol. The largest absolute Gasteiger partial charge is 0.497 e. The van der Waals surface area contributed by atoms with Crippen molar-refractivity contribution < 1.29 is 47.6 Å². The second kappa shape index (κ2) is 11.3. The minimum Gasteiger partial charge on any atom is -0.497 e. The van der Waals surface area contributed by atoms with Crippen LogP contribution in [-0.2, 0) is 38.1 Å². The first-order valence-electron chi connectivity index (χ1n) is 9.81. The fraction of sp³-hybridized carbons (Fsp3) is 0.524. The van der Waals surface area contributed by atoms with Gasteiger partial charge in [-0.25, -0.2) is 0 Å². The topological polar surface area (TPSA) is 136 Å². The Morgan fingerprint density at radius 2 is 1.44 bits per heavy atom. The lowest BCUT2D eigenvalue weighted by Crippen LogP contribution is -2.67. The molecule has 0 bridgehead atoms. The van der Waals surface area contributed by atoms with E-state index in [2.05, 4.69) is 5.32 Å². The highest BCUT2D eigenvalue weighted by molar-refractivity contribution is 5.73. The zero-order valence-corrected chi connectivity index (χ0v) is 18.5. The van der Waals surface area contributed by atoms with Crippen molar-refractivity contribution in [2.45, 2.75) is 58.3 Å². The van der Waals surface area contributed by atoms with Gasteiger partial charge in [-0.05, 0) is 24.3 Å². The van der Waals surface area contributed by atoms with E-state index in [0.717, 1.165) is 0 Å². The highest BCUT2D eigenvalue weighted by atomic mass is 16.7. The summed E-state index contributed by atoms with van der Waals surface area (Å²) < 4.78 is 32.7. The Morgan fingerprint density at radius 3 is 1.94 bits per heavy atom. The zero-order chi connectivity index (χ0) is 23.8. The van der Waals surface area contributed by atoms with Crippen LogP contribution in [0.1, 0.15) is 27.7 Å². The summed E-state index contributed by atoms with van der Waals surface area (Å²) in [7, 11) is 1.52. The van der Waals surface area contributed by atoms with Crippen molar-refractivity contribution in [3.05, 3.63) is 24.3 Å². The standard InChI is InChI=1S/C21H27NO10/c1-11(23)22-18-20(30-14(4)26)19(29-13(3)25)17(10-28-12(2)24)32-21(18)31-16-8-6-15(27-5)7-9-16/h6-9,17-21H,10H2,1-5H3,(H,22,23)/t17?,18-,19-,20-,21-/m0/s1. The predicted octanol–water partition coefficient (Wildman–Crippen LogP) is 0.730. The van der Waals surface area contributed by atoms with Crippen LogP contribution in [0.25, 0.3) is 0 Å². The third kappa shape index (κ3) is 7.12. The number of benzene rings is 1. The maximum Gasteiger partial charge on any atom is 0.303 e. The maximum absolute atomic E-state index is 11.9. The average molecular weight is 453 g/mol. The van der Waals surface area contributed by atoms with Gasteiger partial charge in [0.05, 0.1) is 7.11 Å². The quantitative estimate of drug-likeness (QED) is 0.443. The highest BCUT2D eigenvalue weighted by Gasteiger charge is 2.51. The number of hydrogen-bond acceptors (Lipinski definition) is 10. The summed E-state index contributed by atoms with van der Waals surface area (Å²) in [5.41, 5.74) is 0. The average Bonchev–Trinajstić information content (AvgIpc) is 2.70. The van der Waals surface area contributed by atoms with Crippen LogP contribution in [0.3, 0.4) is 0 Å². The molecule has 1 heterocycles. The molecule has 0 radical (unpaired) electrons. The molecule has 0 aliphatic carbocycles. The summed E-state index contributed by atoms with van der Waals surface area (Å²) in [4.78, 5) is 46.8. The molecule has 11 nitrogen and oxygen atoms in total. The lowest BCUT2D eigenvalue weighted by molar-refractivity contribution is -0.257. The number of amides is 1. The molecular weight excluding hydrogens is 426 g/mol. The highest BCUT2D eigenvalue weighted by Crippen LogP contribution is 2.29. The number of hydrogen-bond donors (Lipinski definition) is 1. The van der Waals surface area contributed by atoms with Gasteiger partial charge in [0.2, 0.25) is 12.2 Å². The minimum absolute atomic E-state index is 0.305. The summed E-state index contributed by atoms with van der Waals surface area (Å²) >= 11 is 0. The number of methoxy groups -OCH3 is 1. The van der Waals surface area contributed by atoms with Crippen molar-refractivity contribution in [3.63, 3.8) is 0 Å². The summed E-state index contributed by atoms with van der Waals surface area (Å²) in [6.45, 7) is 4.51. The van der Waals surface area contributed by atoms with Crippen LogP contribution >= 0.6 is 0 Å². The Labute approximate surface area is 185 Å². The van der Waals surface area contributed by atoms with Crippen molar-refractivity contribution in [2.75, 3.05) is 13.7 Å². The molecule has 1 fully saturated rings. The number of ether oxygens (including phenoxy) is 6. The third-order valence-corrected chi connectivity index (χ3v) is 4.38. The van der Waals surface area contributed by atoms with Crippen LogP contribution in [-0.4, -0.2) is 68.2 Å². The van der Waals surface area contributed by atoms with Gasteiger partial charge in [-0.2, -0.15) is 0 Å². The van der Waals surface area contributed by atoms with E-state index in [9.17, 15) is 19.2 Å². The van der Waals surface area contributed by atoms with Crippen molar-refractivity contribution in [2.24, 2.45) is 0 Å². The van der Waals surface area contributed by atoms with E-state index in [1.165, 1.54) is 34.8 Å². The first kappa shape index (κ1) is 24.9. The normalized spacial score (nSPS) is 24.6. The lowest BCUT2D eigenvalue weighted by atomic mass is 9.96. The van der Waals surface area contributed by atoms with Gasteiger partial charge in [0.25, 0.3) is 0 Å². The first-order chi connectivity index (χ1) is 15.1. The Hall–Kier alpha value is -3.34. The molecule has 176 valence electrons. The van der Waals surface area contributed by atoms with E-state index in [-0.39, 0.29) is 6.61 Å². The Morgan fingerprint density at radius 1 is 0.875 bits per heavy atom. The van der Waals surface area contributed by atoms with E-state index in [4.69, 9.17) is 28.4 Å². The molecule has 0 saturated carbocycles. The molecule has 1 N–H and O–H groups in total. The molecule has 1 aliphatic heterocycles. The smallest absolute Gasteiger partial charge is 0.303 e. The molecule has 1 aliphatic rings. The van der Waals surface area contributed by atoms with Crippen molar-refractivity contribution in [3.8, 4) is 11.5 Å². The van der Waals surface area contributed by atoms with Crippen LogP contribution in [0.4, 0.5) is 0 Å². The SMILES string of the molecule is COc1ccc(O[C@H]2OC(COC(C)=O)[C@H](OC(C)=O)[C@@H](OC(C)=O)[C@@H]2NC(C)=O)cc1. The van der Waals surface area contributed by atoms with E-state index in [0.29, 0.717) is 11.5 Å². The lowest BCUT2D eigenvalue weighted by Gasteiger charge is -2.44. The van der Waals surface area contributed by atoms with E-state index in [1.54, 1.807) is 24.3 Å². The van der Waals surface area contributed by atoms with Gasteiger partial charge in [-0.3, -0.25) is 19.2 Å². The van der Waals surface area contributed by atoms with Gasteiger partial charge in [-0.15, -0.1) is 0 Å². The number of esters is 3. The maximum atomic E-state index is 11.9. The second-order valence-electron chi connectivity index (χ2n) is 7.01. The molecule has 1 saturated heterocycles. The molecule has 1 unspecified atom stereocenters. The number of nitrogens with one attached hydrogen (secondary N) is 1. The number of carbonyl (C=O) groups excluding carboxylic acids is 4. The molecule has 32 heavy (non-hydrogen) atoms. The Balaban J connectivity index is 2.42. The second-order valence-corrected chi connectivity index (χ2v) is 7.01. The third-order valence-electron chi connectivity index (χ3n) is 4.38. The van der Waals surface area contributed by atoms with Crippen LogP contribution < -0.4 is 14.8 Å². The van der Waals surface area contributed by atoms with Crippen molar-refractivity contribution in [1.82, 2.24) is 5.32 Å². The fourth-order valence-corrected chi connectivity index (χ4v) is 3.18. The fourth-order valence-electron chi connectivity index (χ4n) is 3.18. The van der Waals surface area contributed by atoms with E-state index < -0.39 is 54.5 Å². The zero-order valence-electron chi connectivity index (χ0n) is 18.5. The number of carbonyl (C=O) groups is 4. The van der Waals surface area contributed by atoms with E-state index >= 15 is 0 Å². The molecule has 11 heteroatoms. The van der Waals surface area contributed by atoms with Gasteiger partial charge < -0.3 is 33.7 Å². The van der Waals surface area contributed by atoms with Crippen LogP contribution in [0, 0.1) is 0 Å². The molecule has 2 rings (SSSR count). The van der Waals surface area contributed by atoms with Crippen LogP contribution in [0.15, 0.2) is 24.3 Å². The summed E-state index contributed by atoms with van der Waals surface area (Å²) in [6, 6.07) is 5.51. The van der Waals surface area contributed by atoms with Crippen LogP contribution in [0.5, 0.6) is 11.5 Å². The summed E-state index contributed by atoms with van der Waals surface area (Å²) in [5, 5.41) is 2.63. The Kier molecular flexibility index (Phi) is 8.82. The van der Waals surface area contributed by atoms with Gasteiger partial charge in [0.1, 0.15) is 30.3 Å². The molecule has 0 spiro atoms. The van der Waals surface area contributed by atoms with E-state index in [1.807, 2.05) is 0 Å². The summed E-state index contributed by atoms with van der Waals surface area (Å²) in [6.07, 6.45) is -4.58. The molecule has 1 aromatic carbocycles. The minimum atomic E-state index is -1.18. The van der Waals surface area contributed by atoms with Crippen molar-refractivity contribution in [1.29, 1.82) is 0 Å². The molecule has 1 aromatic rings. The van der Waals surface area contributed by atoms with Gasteiger partial charge in [-0.1, -0.05) is 0 Å². The number of rotatable bonds is 8. The molecule has 1 amide bonds. The van der Waals surface area contributed by atoms with Crippen LogP contribution in [0.2, 0.25) is 0 Å². The molecule has 5 atom stereocenters. The van der Waals surface area contributed by atoms with Gasteiger partial charge in [0, 0.05) is 27.7 Å². The van der Waals surface area contributed by atoms with Gasteiger partial charge >= 0.3 is 17.9 Å². The molecule has 0 aromatic heterocycles. The summed E-state index contributed by atoms with van der Waals surface area (Å²) in [5.74, 6) is -1.45.